The maximum absolute atomic E-state index is 12.9. The fourth-order valence-electron chi connectivity index (χ4n) is 4.07. The normalized spacial score (nSPS) is 13.9. The fraction of sp³-hybridized carbons (Fsp3) is 0.143. The van der Waals surface area contributed by atoms with Gasteiger partial charge in [0.25, 0.3) is 0 Å². The highest BCUT2D eigenvalue weighted by Crippen LogP contribution is 2.22. The van der Waals surface area contributed by atoms with Crippen molar-refractivity contribution in [3.63, 3.8) is 0 Å². The van der Waals surface area contributed by atoms with Crippen LogP contribution in [0, 0.1) is 11.8 Å². The van der Waals surface area contributed by atoms with E-state index in [2.05, 4.69) is 22.6 Å². The summed E-state index contributed by atoms with van der Waals surface area (Å²) in [6.45, 7) is 7.74. The van der Waals surface area contributed by atoms with Crippen molar-refractivity contribution >= 4 is 41.6 Å². The Bertz CT molecular complexity index is 1510. The van der Waals surface area contributed by atoms with E-state index in [4.69, 9.17) is 0 Å². The molecule has 0 unspecified atom stereocenters. The summed E-state index contributed by atoms with van der Waals surface area (Å²) in [5.74, 6) is -0.755. The lowest BCUT2D eigenvalue weighted by atomic mass is 9.93. The number of rotatable bonds is 11. The van der Waals surface area contributed by atoms with Crippen molar-refractivity contribution in [2.75, 3.05) is 13.1 Å². The average molecular weight is 521 g/mol. The van der Waals surface area contributed by atoms with Gasteiger partial charge in [-0.05, 0) is 57.6 Å². The molecule has 0 fully saturated rings. The van der Waals surface area contributed by atoms with Crippen molar-refractivity contribution in [3.8, 4) is 0 Å². The highest BCUT2D eigenvalue weighted by atomic mass is 32.2. The molecule has 0 saturated heterocycles. The third-order valence-electron chi connectivity index (χ3n) is 6.24. The number of benzene rings is 4. The molecule has 0 aliphatic carbocycles. The van der Waals surface area contributed by atoms with Gasteiger partial charge in [-0.2, -0.15) is 0 Å². The molecule has 2 atom stereocenters. The number of fused-ring (bicyclic) bond motifs is 2. The number of hydrogen-bond donors (Lipinski definition) is 2. The molecule has 0 radical (unpaired) electrons. The van der Waals surface area contributed by atoms with Crippen LogP contribution < -0.4 is 9.44 Å². The van der Waals surface area contributed by atoms with Crippen molar-refractivity contribution in [2.45, 2.75) is 9.79 Å². The Balaban J connectivity index is 1.44. The maximum Gasteiger partial charge on any atom is 0.240 e. The summed E-state index contributed by atoms with van der Waals surface area (Å²) in [5.41, 5.74) is 0. The third-order valence-corrected chi connectivity index (χ3v) is 9.08. The Morgan fingerprint density at radius 3 is 1.31 bits per heavy atom. The van der Waals surface area contributed by atoms with E-state index < -0.39 is 20.0 Å². The Hall–Kier alpha value is -3.30. The zero-order valence-electron chi connectivity index (χ0n) is 19.7. The molecule has 4 aromatic rings. The molecule has 0 bridgehead atoms. The predicted octanol–water partition coefficient (Wildman–Crippen LogP) is 4.85. The first kappa shape index (κ1) is 25.8. The number of sulfonamides is 2. The monoisotopic (exact) mass is 520 g/mol. The van der Waals surface area contributed by atoms with Crippen LogP contribution >= 0.6 is 0 Å². The van der Waals surface area contributed by atoms with Gasteiger partial charge in [0.05, 0.1) is 9.79 Å². The van der Waals surface area contributed by atoms with Gasteiger partial charge in [0, 0.05) is 13.1 Å². The summed E-state index contributed by atoms with van der Waals surface area (Å²) in [5, 5.41) is 3.55. The summed E-state index contributed by atoms with van der Waals surface area (Å²) in [7, 11) is -7.55. The second-order valence-electron chi connectivity index (χ2n) is 8.52. The molecule has 4 aromatic carbocycles. The molecule has 0 saturated carbocycles. The van der Waals surface area contributed by atoms with Crippen LogP contribution in [0.2, 0.25) is 0 Å². The van der Waals surface area contributed by atoms with Crippen molar-refractivity contribution in [1.29, 1.82) is 0 Å². The molecular weight excluding hydrogens is 492 g/mol. The van der Waals surface area contributed by atoms with Gasteiger partial charge in [0.15, 0.2) is 0 Å². The highest BCUT2D eigenvalue weighted by Gasteiger charge is 2.23. The first-order valence-corrected chi connectivity index (χ1v) is 14.4. The second-order valence-corrected chi connectivity index (χ2v) is 12.1. The molecular formula is C28H28N2O4S2. The highest BCUT2D eigenvalue weighted by molar-refractivity contribution is 7.89. The van der Waals surface area contributed by atoms with E-state index in [9.17, 15) is 16.8 Å². The van der Waals surface area contributed by atoms with Crippen LogP contribution in [-0.4, -0.2) is 29.9 Å². The van der Waals surface area contributed by atoms with Gasteiger partial charge in [-0.15, -0.1) is 13.2 Å². The van der Waals surface area contributed by atoms with Crippen LogP contribution in [0.25, 0.3) is 21.5 Å². The average Bonchev–Trinajstić information content (AvgIpc) is 2.89. The molecule has 36 heavy (non-hydrogen) atoms. The predicted molar refractivity (Wildman–Crippen MR) is 146 cm³/mol. The van der Waals surface area contributed by atoms with E-state index in [1.54, 1.807) is 48.6 Å². The summed E-state index contributed by atoms with van der Waals surface area (Å²) < 4.78 is 57.0. The van der Waals surface area contributed by atoms with Crippen LogP contribution in [0.15, 0.2) is 120 Å². The summed E-state index contributed by atoms with van der Waals surface area (Å²) >= 11 is 0. The van der Waals surface area contributed by atoms with E-state index >= 15 is 0 Å². The Morgan fingerprint density at radius 1 is 0.583 bits per heavy atom. The number of hydrogen-bond acceptors (Lipinski definition) is 4. The molecule has 0 aliphatic rings. The Labute approximate surface area is 212 Å². The minimum Gasteiger partial charge on any atom is -0.211 e. The second kappa shape index (κ2) is 10.8. The molecule has 8 heteroatoms. The molecule has 6 nitrogen and oxygen atoms in total. The quantitative estimate of drug-likeness (QED) is 0.277. The van der Waals surface area contributed by atoms with E-state index in [0.717, 1.165) is 21.5 Å². The number of nitrogens with one attached hydrogen (secondary N) is 2. The van der Waals surface area contributed by atoms with Crippen LogP contribution in [0.3, 0.4) is 0 Å². The molecule has 0 aliphatic heterocycles. The van der Waals surface area contributed by atoms with Crippen LogP contribution in [-0.2, 0) is 20.0 Å². The first-order valence-electron chi connectivity index (χ1n) is 11.5. The Kier molecular flexibility index (Phi) is 7.70. The topological polar surface area (TPSA) is 92.3 Å². The van der Waals surface area contributed by atoms with Gasteiger partial charge >= 0.3 is 0 Å². The largest absolute Gasteiger partial charge is 0.240 e. The van der Waals surface area contributed by atoms with Gasteiger partial charge in [-0.1, -0.05) is 72.8 Å². The molecule has 2 N–H and O–H groups in total. The van der Waals surface area contributed by atoms with Gasteiger partial charge in [0.2, 0.25) is 20.0 Å². The van der Waals surface area contributed by atoms with Crippen LogP contribution in [0.1, 0.15) is 0 Å². The van der Waals surface area contributed by atoms with Crippen molar-refractivity contribution in [1.82, 2.24) is 9.44 Å². The molecule has 0 aromatic heterocycles. The van der Waals surface area contributed by atoms with Crippen molar-refractivity contribution < 1.29 is 16.8 Å². The smallest absolute Gasteiger partial charge is 0.211 e. The van der Waals surface area contributed by atoms with Gasteiger partial charge in [0.1, 0.15) is 0 Å². The van der Waals surface area contributed by atoms with E-state index in [-0.39, 0.29) is 34.7 Å². The third kappa shape index (κ3) is 5.74. The molecule has 0 spiro atoms. The summed E-state index contributed by atoms with van der Waals surface area (Å²) in [6, 6.07) is 25.0. The molecule has 4 rings (SSSR count). The standard InChI is InChI=1S/C28H28N2O4S2/c1-3-21(19-29-35(31,32)27-15-13-23-9-5-7-11-25(23)17-27)22(4-2)20-30-36(33,34)28-16-14-24-10-6-8-12-26(24)18-28/h3-18,21-22,29-30H,1-2,19-20H2/t21-,22-/m0/s1. The van der Waals surface area contributed by atoms with Gasteiger partial charge in [-0.25, -0.2) is 26.3 Å². The van der Waals surface area contributed by atoms with Crippen molar-refractivity contribution in [2.24, 2.45) is 11.8 Å². The first-order chi connectivity index (χ1) is 17.2. The fourth-order valence-corrected chi connectivity index (χ4v) is 6.28. The minimum atomic E-state index is -3.78. The van der Waals surface area contributed by atoms with Gasteiger partial charge in [-0.3, -0.25) is 0 Å². The van der Waals surface area contributed by atoms with Crippen LogP contribution in [0.5, 0.6) is 0 Å². The lowest BCUT2D eigenvalue weighted by Gasteiger charge is -2.22. The minimum absolute atomic E-state index is 0.0487. The van der Waals surface area contributed by atoms with E-state index in [0.29, 0.717) is 0 Å². The summed E-state index contributed by atoms with van der Waals surface area (Å²) in [6.07, 6.45) is 3.22. The molecule has 0 amide bonds. The lowest BCUT2D eigenvalue weighted by molar-refractivity contribution is 0.457. The molecule has 0 heterocycles. The van der Waals surface area contributed by atoms with Crippen LogP contribution in [0.4, 0.5) is 0 Å². The zero-order valence-corrected chi connectivity index (χ0v) is 21.3. The van der Waals surface area contributed by atoms with E-state index in [1.807, 2.05) is 48.5 Å². The van der Waals surface area contributed by atoms with E-state index in [1.165, 1.54) is 0 Å². The SMILES string of the molecule is C=C[C@@H](CNS(=O)(=O)c1ccc2ccccc2c1)[C@@H](C=C)CNS(=O)(=O)c1ccc2ccccc2c1. The molecule has 186 valence electrons. The lowest BCUT2D eigenvalue weighted by Crippen LogP contribution is -2.36. The maximum atomic E-state index is 12.9. The van der Waals surface area contributed by atoms with Gasteiger partial charge < -0.3 is 0 Å². The zero-order chi connectivity index (χ0) is 25.8. The Morgan fingerprint density at radius 2 is 0.944 bits per heavy atom. The summed E-state index contributed by atoms with van der Waals surface area (Å²) in [4.78, 5) is 0.326. The van der Waals surface area contributed by atoms with Crippen molar-refractivity contribution in [3.05, 3.63) is 110 Å².